The quantitative estimate of drug-likeness (QED) is 0.458. The van der Waals surface area contributed by atoms with Crippen LogP contribution in [0.5, 0.6) is 0 Å². The van der Waals surface area contributed by atoms with Gasteiger partial charge in [0.1, 0.15) is 11.6 Å². The Morgan fingerprint density at radius 2 is 1.63 bits per heavy atom. The number of halogens is 3. The summed E-state index contributed by atoms with van der Waals surface area (Å²) >= 11 is 11.8. The maximum Gasteiger partial charge on any atom is 0.258 e. The SMILES string of the molecule is CC(=N)c1ccc(C(=O)Nc2ccc(Cl)cc2C(=O)Nc2ccc(Cl)cn2)c(F)c1. The second-order valence-electron chi connectivity index (χ2n) is 6.28. The van der Waals surface area contributed by atoms with E-state index in [0.717, 1.165) is 6.07 Å². The lowest BCUT2D eigenvalue weighted by atomic mass is 10.1. The van der Waals surface area contributed by atoms with Crippen molar-refractivity contribution in [2.24, 2.45) is 0 Å². The number of pyridine rings is 1. The van der Waals surface area contributed by atoms with Gasteiger partial charge in [0, 0.05) is 16.9 Å². The van der Waals surface area contributed by atoms with Gasteiger partial charge in [0.2, 0.25) is 0 Å². The number of anilines is 2. The average Bonchev–Trinajstić information content (AvgIpc) is 2.70. The van der Waals surface area contributed by atoms with Crippen molar-refractivity contribution in [3.8, 4) is 0 Å². The van der Waals surface area contributed by atoms with Gasteiger partial charge in [-0.2, -0.15) is 0 Å². The average molecular weight is 445 g/mol. The lowest BCUT2D eigenvalue weighted by molar-refractivity contribution is 0.102. The molecule has 0 spiro atoms. The van der Waals surface area contributed by atoms with E-state index in [2.05, 4.69) is 15.6 Å². The van der Waals surface area contributed by atoms with Gasteiger partial charge >= 0.3 is 0 Å². The molecule has 1 heterocycles. The Hall–Kier alpha value is -3.29. The first-order valence-corrected chi connectivity index (χ1v) is 9.39. The molecule has 2 aromatic carbocycles. The van der Waals surface area contributed by atoms with Crippen LogP contribution in [0.3, 0.4) is 0 Å². The summed E-state index contributed by atoms with van der Waals surface area (Å²) in [6.45, 7) is 1.52. The van der Waals surface area contributed by atoms with Crippen molar-refractivity contribution in [1.82, 2.24) is 4.98 Å². The Bertz CT molecular complexity index is 1150. The monoisotopic (exact) mass is 444 g/mol. The number of hydrogen-bond acceptors (Lipinski definition) is 4. The zero-order valence-corrected chi connectivity index (χ0v) is 17.1. The lowest BCUT2D eigenvalue weighted by Crippen LogP contribution is -2.19. The Balaban J connectivity index is 1.86. The molecule has 152 valence electrons. The number of carbonyl (C=O) groups is 2. The summed E-state index contributed by atoms with van der Waals surface area (Å²) in [5.74, 6) is -1.84. The fourth-order valence-electron chi connectivity index (χ4n) is 2.57. The fourth-order valence-corrected chi connectivity index (χ4v) is 2.85. The van der Waals surface area contributed by atoms with E-state index in [-0.39, 0.29) is 33.4 Å². The van der Waals surface area contributed by atoms with Crippen LogP contribution < -0.4 is 10.6 Å². The van der Waals surface area contributed by atoms with Crippen LogP contribution in [0, 0.1) is 11.2 Å². The summed E-state index contributed by atoms with van der Waals surface area (Å²) in [6.07, 6.45) is 1.38. The second-order valence-corrected chi connectivity index (χ2v) is 7.15. The molecule has 0 aliphatic rings. The summed E-state index contributed by atoms with van der Waals surface area (Å²) < 4.78 is 14.3. The molecule has 2 amide bonds. The molecule has 0 unspecified atom stereocenters. The van der Waals surface area contributed by atoms with Crippen LogP contribution in [0.1, 0.15) is 33.2 Å². The van der Waals surface area contributed by atoms with Gasteiger partial charge in [0.05, 0.1) is 21.8 Å². The maximum atomic E-state index is 14.3. The van der Waals surface area contributed by atoms with Crippen molar-refractivity contribution in [2.45, 2.75) is 6.92 Å². The van der Waals surface area contributed by atoms with Crippen molar-refractivity contribution in [3.05, 3.63) is 87.3 Å². The van der Waals surface area contributed by atoms with Crippen LogP contribution in [0.4, 0.5) is 15.9 Å². The zero-order valence-electron chi connectivity index (χ0n) is 15.6. The highest BCUT2D eigenvalue weighted by molar-refractivity contribution is 6.31. The van der Waals surface area contributed by atoms with Crippen LogP contribution in [-0.2, 0) is 0 Å². The number of nitrogens with one attached hydrogen (secondary N) is 3. The van der Waals surface area contributed by atoms with Crippen LogP contribution in [0.2, 0.25) is 10.0 Å². The number of hydrogen-bond donors (Lipinski definition) is 3. The molecule has 9 heteroatoms. The third-order valence-corrected chi connectivity index (χ3v) is 4.55. The van der Waals surface area contributed by atoms with Gasteiger partial charge in [0.15, 0.2) is 0 Å². The van der Waals surface area contributed by atoms with Crippen LogP contribution in [0.15, 0.2) is 54.7 Å². The Morgan fingerprint density at radius 3 is 2.27 bits per heavy atom. The van der Waals surface area contributed by atoms with Gasteiger partial charge in [0.25, 0.3) is 11.8 Å². The summed E-state index contributed by atoms with van der Waals surface area (Å²) in [4.78, 5) is 29.2. The topological polar surface area (TPSA) is 94.9 Å². The van der Waals surface area contributed by atoms with Gasteiger partial charge in [-0.15, -0.1) is 0 Å². The summed E-state index contributed by atoms with van der Waals surface area (Å²) in [7, 11) is 0. The molecule has 3 N–H and O–H groups in total. The number of amides is 2. The zero-order chi connectivity index (χ0) is 21.8. The van der Waals surface area contributed by atoms with Crippen molar-refractivity contribution >= 4 is 52.2 Å². The van der Waals surface area contributed by atoms with E-state index < -0.39 is 17.6 Å². The van der Waals surface area contributed by atoms with E-state index >= 15 is 0 Å². The minimum absolute atomic E-state index is 0.0694. The smallest absolute Gasteiger partial charge is 0.258 e. The molecule has 0 bridgehead atoms. The standard InChI is InChI=1S/C21H15Cl2FN4O2/c1-11(25)12-2-5-15(17(24)8-12)20(29)27-18-6-3-13(22)9-16(18)21(30)28-19-7-4-14(23)10-26-19/h2-10,25H,1H3,(H,27,29)(H,26,28,30). The fraction of sp³-hybridized carbons (Fsp3) is 0.0476. The molecule has 6 nitrogen and oxygen atoms in total. The summed E-state index contributed by atoms with van der Waals surface area (Å²) in [5, 5.41) is 13.3. The first-order valence-electron chi connectivity index (χ1n) is 8.63. The molecule has 0 atom stereocenters. The minimum atomic E-state index is -0.776. The van der Waals surface area contributed by atoms with Crippen molar-refractivity contribution < 1.29 is 14.0 Å². The largest absolute Gasteiger partial charge is 0.321 e. The van der Waals surface area contributed by atoms with Gasteiger partial charge < -0.3 is 16.0 Å². The molecule has 0 fully saturated rings. The molecule has 3 rings (SSSR count). The third kappa shape index (κ3) is 5.00. The number of nitrogens with zero attached hydrogens (tertiary/aromatic N) is 1. The Kier molecular flexibility index (Phi) is 6.44. The predicted octanol–water partition coefficient (Wildman–Crippen LogP) is 5.42. The van der Waals surface area contributed by atoms with E-state index in [4.69, 9.17) is 28.6 Å². The van der Waals surface area contributed by atoms with Crippen molar-refractivity contribution in [3.63, 3.8) is 0 Å². The van der Waals surface area contributed by atoms with Crippen LogP contribution in [-0.4, -0.2) is 22.5 Å². The van der Waals surface area contributed by atoms with Crippen LogP contribution in [0.25, 0.3) is 0 Å². The third-order valence-electron chi connectivity index (χ3n) is 4.09. The van der Waals surface area contributed by atoms with Gasteiger partial charge in [-0.1, -0.05) is 29.3 Å². The molecule has 0 aliphatic carbocycles. The summed E-state index contributed by atoms with van der Waals surface area (Å²) in [6, 6.07) is 11.3. The van der Waals surface area contributed by atoms with E-state index in [1.807, 2.05) is 0 Å². The van der Waals surface area contributed by atoms with Gasteiger partial charge in [-0.3, -0.25) is 9.59 Å². The molecular weight excluding hydrogens is 430 g/mol. The van der Waals surface area contributed by atoms with E-state index in [1.165, 1.54) is 49.5 Å². The van der Waals surface area contributed by atoms with Crippen LogP contribution >= 0.6 is 23.2 Å². The first-order chi connectivity index (χ1) is 14.2. The molecule has 0 saturated carbocycles. The highest BCUT2D eigenvalue weighted by Crippen LogP contribution is 2.23. The molecule has 30 heavy (non-hydrogen) atoms. The summed E-state index contributed by atoms with van der Waals surface area (Å²) in [5.41, 5.74) is 0.530. The highest BCUT2D eigenvalue weighted by Gasteiger charge is 2.18. The van der Waals surface area contributed by atoms with Gasteiger partial charge in [-0.25, -0.2) is 9.37 Å². The first kappa shape index (κ1) is 21.4. The van der Waals surface area contributed by atoms with E-state index in [9.17, 15) is 14.0 Å². The number of aromatic nitrogens is 1. The number of rotatable bonds is 5. The molecule has 1 aromatic heterocycles. The molecule has 3 aromatic rings. The molecule has 0 aliphatic heterocycles. The molecular formula is C21H15Cl2FN4O2. The van der Waals surface area contributed by atoms with E-state index in [0.29, 0.717) is 10.6 Å². The second kappa shape index (κ2) is 9.02. The Labute approximate surface area is 181 Å². The van der Waals surface area contributed by atoms with Gasteiger partial charge in [-0.05, 0) is 55.0 Å². The minimum Gasteiger partial charge on any atom is -0.321 e. The Morgan fingerprint density at radius 1 is 0.933 bits per heavy atom. The normalized spacial score (nSPS) is 10.4. The predicted molar refractivity (Wildman–Crippen MR) is 116 cm³/mol. The molecule has 0 radical (unpaired) electrons. The lowest BCUT2D eigenvalue weighted by Gasteiger charge is -2.12. The number of benzene rings is 2. The van der Waals surface area contributed by atoms with Crippen molar-refractivity contribution in [1.29, 1.82) is 5.41 Å². The van der Waals surface area contributed by atoms with E-state index in [1.54, 1.807) is 6.07 Å². The maximum absolute atomic E-state index is 14.3. The number of carbonyl (C=O) groups excluding carboxylic acids is 2. The van der Waals surface area contributed by atoms with Crippen molar-refractivity contribution in [2.75, 3.05) is 10.6 Å². The molecule has 0 saturated heterocycles. The highest BCUT2D eigenvalue weighted by atomic mass is 35.5.